The Hall–Kier alpha value is -2.37. The van der Waals surface area contributed by atoms with E-state index in [1.165, 1.54) is 5.56 Å². The lowest BCUT2D eigenvalue weighted by atomic mass is 9.96. The zero-order chi connectivity index (χ0) is 17.8. The zero-order valence-corrected chi connectivity index (χ0v) is 14.5. The standard InChI is InChI=1S/C19H23N3O3/c1-11-9-12-5-3-4-6-14(12)16(11)20-15(23)10-22-17(24)19(2,13-7-8-13)21-18(22)25/h3-6,11,13,16H,7-10H2,1-2H3,(H,20,23)(H,21,25). The highest BCUT2D eigenvalue weighted by Crippen LogP contribution is 2.42. The van der Waals surface area contributed by atoms with Crippen molar-refractivity contribution < 1.29 is 14.4 Å². The third-order valence-corrected chi connectivity index (χ3v) is 5.81. The minimum absolute atomic E-state index is 0.0701. The lowest BCUT2D eigenvalue weighted by molar-refractivity contribution is -0.135. The number of imide groups is 1. The average Bonchev–Trinajstić information content (AvgIpc) is 3.35. The maximum absolute atomic E-state index is 12.6. The van der Waals surface area contributed by atoms with Gasteiger partial charge in [-0.15, -0.1) is 0 Å². The van der Waals surface area contributed by atoms with Crippen molar-refractivity contribution >= 4 is 17.8 Å². The third kappa shape index (κ3) is 2.60. The molecule has 1 heterocycles. The predicted octanol–water partition coefficient (Wildman–Crippen LogP) is 1.76. The van der Waals surface area contributed by atoms with Crippen LogP contribution in [-0.2, 0) is 16.0 Å². The second kappa shape index (κ2) is 5.58. The van der Waals surface area contributed by atoms with Gasteiger partial charge in [0.05, 0.1) is 6.04 Å². The van der Waals surface area contributed by atoms with Crippen molar-refractivity contribution in [2.75, 3.05) is 6.54 Å². The third-order valence-electron chi connectivity index (χ3n) is 5.81. The van der Waals surface area contributed by atoms with Crippen LogP contribution in [-0.4, -0.2) is 34.8 Å². The lowest BCUT2D eigenvalue weighted by Crippen LogP contribution is -2.47. The fourth-order valence-electron chi connectivity index (χ4n) is 4.17. The summed E-state index contributed by atoms with van der Waals surface area (Å²) in [6, 6.07) is 7.54. The number of carbonyl (C=O) groups excluding carboxylic acids is 3. The highest BCUT2D eigenvalue weighted by Gasteiger charge is 2.56. The van der Waals surface area contributed by atoms with Gasteiger partial charge in [-0.2, -0.15) is 0 Å². The molecule has 0 aromatic heterocycles. The molecular formula is C19H23N3O3. The summed E-state index contributed by atoms with van der Waals surface area (Å²) in [5.41, 5.74) is 1.53. The van der Waals surface area contributed by atoms with Crippen LogP contribution in [0.1, 0.15) is 43.9 Å². The number of hydrogen-bond donors (Lipinski definition) is 2. The van der Waals surface area contributed by atoms with Crippen molar-refractivity contribution in [2.45, 2.75) is 44.7 Å². The van der Waals surface area contributed by atoms with Crippen LogP contribution in [0.15, 0.2) is 24.3 Å². The van der Waals surface area contributed by atoms with Crippen LogP contribution in [0.5, 0.6) is 0 Å². The Labute approximate surface area is 147 Å². The van der Waals surface area contributed by atoms with E-state index in [-0.39, 0.29) is 30.3 Å². The maximum Gasteiger partial charge on any atom is 0.325 e. The van der Waals surface area contributed by atoms with E-state index in [0.29, 0.717) is 5.92 Å². The fraction of sp³-hybridized carbons (Fsp3) is 0.526. The molecular weight excluding hydrogens is 318 g/mol. The second-order valence-electron chi connectivity index (χ2n) is 7.72. The molecule has 4 amide bonds. The number of nitrogens with one attached hydrogen (secondary N) is 2. The van der Waals surface area contributed by atoms with Crippen LogP contribution in [0.3, 0.4) is 0 Å². The molecule has 132 valence electrons. The Morgan fingerprint density at radius 3 is 2.76 bits per heavy atom. The molecule has 1 aromatic carbocycles. The van der Waals surface area contributed by atoms with E-state index in [9.17, 15) is 14.4 Å². The largest absolute Gasteiger partial charge is 0.347 e. The van der Waals surface area contributed by atoms with Crippen LogP contribution < -0.4 is 10.6 Å². The van der Waals surface area contributed by atoms with Crippen molar-refractivity contribution in [2.24, 2.45) is 11.8 Å². The normalized spacial score (nSPS) is 31.0. The molecule has 2 fully saturated rings. The van der Waals surface area contributed by atoms with Crippen LogP contribution in [0.2, 0.25) is 0 Å². The van der Waals surface area contributed by atoms with Gasteiger partial charge in [-0.3, -0.25) is 14.5 Å². The number of carbonyl (C=O) groups is 3. The van der Waals surface area contributed by atoms with Gasteiger partial charge in [0.15, 0.2) is 0 Å². The molecule has 3 atom stereocenters. The van der Waals surface area contributed by atoms with Crippen LogP contribution in [0.4, 0.5) is 4.79 Å². The van der Waals surface area contributed by atoms with Crippen LogP contribution in [0.25, 0.3) is 0 Å². The summed E-state index contributed by atoms with van der Waals surface area (Å²) in [5.74, 6) is -0.0907. The molecule has 2 N–H and O–H groups in total. The van der Waals surface area contributed by atoms with Gasteiger partial charge >= 0.3 is 6.03 Å². The topological polar surface area (TPSA) is 78.5 Å². The number of benzene rings is 1. The van der Waals surface area contributed by atoms with Crippen LogP contribution >= 0.6 is 0 Å². The zero-order valence-electron chi connectivity index (χ0n) is 14.5. The molecule has 1 aromatic rings. The first kappa shape index (κ1) is 16.1. The van der Waals surface area contributed by atoms with Gasteiger partial charge in [0.1, 0.15) is 12.1 Å². The summed E-state index contributed by atoms with van der Waals surface area (Å²) >= 11 is 0. The number of rotatable bonds is 4. The molecule has 0 bridgehead atoms. The molecule has 3 unspecified atom stereocenters. The summed E-state index contributed by atoms with van der Waals surface area (Å²) in [4.78, 5) is 38.4. The van der Waals surface area contributed by atoms with Gasteiger partial charge in [0.2, 0.25) is 5.91 Å². The lowest BCUT2D eigenvalue weighted by Gasteiger charge is -2.22. The number of nitrogens with zero attached hydrogens (tertiary/aromatic N) is 1. The Balaban J connectivity index is 1.44. The Morgan fingerprint density at radius 2 is 2.04 bits per heavy atom. The van der Waals surface area contributed by atoms with E-state index in [2.05, 4.69) is 23.6 Å². The highest BCUT2D eigenvalue weighted by molar-refractivity contribution is 6.09. The highest BCUT2D eigenvalue weighted by atomic mass is 16.2. The first-order valence-electron chi connectivity index (χ1n) is 8.91. The van der Waals surface area contributed by atoms with E-state index >= 15 is 0 Å². The van der Waals surface area contributed by atoms with Gasteiger partial charge in [0.25, 0.3) is 5.91 Å². The maximum atomic E-state index is 12.6. The van der Waals surface area contributed by atoms with E-state index < -0.39 is 11.6 Å². The SMILES string of the molecule is CC1Cc2ccccc2C1NC(=O)CN1C(=O)NC(C)(C2CC2)C1=O. The van der Waals surface area contributed by atoms with E-state index in [1.807, 2.05) is 18.2 Å². The van der Waals surface area contributed by atoms with Crippen LogP contribution in [0, 0.1) is 11.8 Å². The van der Waals surface area contributed by atoms with Crippen molar-refractivity contribution in [3.05, 3.63) is 35.4 Å². The molecule has 1 saturated heterocycles. The van der Waals surface area contributed by atoms with Gasteiger partial charge < -0.3 is 10.6 Å². The number of hydrogen-bond acceptors (Lipinski definition) is 3. The van der Waals surface area contributed by atoms with Gasteiger partial charge in [-0.25, -0.2) is 4.79 Å². The number of urea groups is 1. The van der Waals surface area contributed by atoms with Gasteiger partial charge in [-0.1, -0.05) is 31.2 Å². The summed E-state index contributed by atoms with van der Waals surface area (Å²) < 4.78 is 0. The quantitative estimate of drug-likeness (QED) is 0.819. The molecule has 2 aliphatic carbocycles. The monoisotopic (exact) mass is 341 g/mol. The summed E-state index contributed by atoms with van der Waals surface area (Å²) in [7, 11) is 0. The van der Waals surface area contributed by atoms with Gasteiger partial charge in [-0.05, 0) is 49.1 Å². The minimum atomic E-state index is -0.843. The number of amides is 4. The smallest absolute Gasteiger partial charge is 0.325 e. The van der Waals surface area contributed by atoms with Crippen molar-refractivity contribution in [3.63, 3.8) is 0 Å². The second-order valence-corrected chi connectivity index (χ2v) is 7.72. The number of fused-ring (bicyclic) bond motifs is 1. The fourth-order valence-corrected chi connectivity index (χ4v) is 4.17. The van der Waals surface area contributed by atoms with Crippen molar-refractivity contribution in [1.29, 1.82) is 0 Å². The van der Waals surface area contributed by atoms with E-state index in [0.717, 1.165) is 29.7 Å². The molecule has 1 aliphatic heterocycles. The molecule has 6 nitrogen and oxygen atoms in total. The predicted molar refractivity (Wildman–Crippen MR) is 91.6 cm³/mol. The summed E-state index contributed by atoms with van der Waals surface area (Å²) in [5, 5.41) is 5.79. The van der Waals surface area contributed by atoms with E-state index in [1.54, 1.807) is 6.92 Å². The van der Waals surface area contributed by atoms with E-state index in [4.69, 9.17) is 0 Å². The molecule has 6 heteroatoms. The van der Waals surface area contributed by atoms with Gasteiger partial charge in [0, 0.05) is 0 Å². The first-order chi connectivity index (χ1) is 11.9. The molecule has 0 spiro atoms. The Bertz CT molecular complexity index is 758. The first-order valence-corrected chi connectivity index (χ1v) is 8.91. The summed E-state index contributed by atoms with van der Waals surface area (Å²) in [6.45, 7) is 3.64. The van der Waals surface area contributed by atoms with Crippen molar-refractivity contribution in [1.82, 2.24) is 15.5 Å². The Kier molecular flexibility index (Phi) is 3.60. The molecule has 25 heavy (non-hydrogen) atoms. The van der Waals surface area contributed by atoms with Crippen molar-refractivity contribution in [3.8, 4) is 0 Å². The average molecular weight is 341 g/mol. The Morgan fingerprint density at radius 1 is 1.32 bits per heavy atom. The summed E-state index contributed by atoms with van der Waals surface area (Å²) in [6.07, 6.45) is 2.81. The minimum Gasteiger partial charge on any atom is -0.347 e. The molecule has 1 saturated carbocycles. The molecule has 4 rings (SSSR count). The molecule has 3 aliphatic rings. The molecule has 0 radical (unpaired) electrons.